The van der Waals surface area contributed by atoms with Crippen molar-refractivity contribution in [2.24, 2.45) is 5.92 Å². The van der Waals surface area contributed by atoms with Gasteiger partial charge in [0.2, 0.25) is 5.91 Å². The molecule has 0 radical (unpaired) electrons. The van der Waals surface area contributed by atoms with Crippen LogP contribution in [0.4, 0.5) is 18.9 Å². The van der Waals surface area contributed by atoms with Crippen LogP contribution in [0.3, 0.4) is 0 Å². The van der Waals surface area contributed by atoms with E-state index >= 15 is 0 Å². The minimum Gasteiger partial charge on any atom is -0.406 e. The fraction of sp³-hybridized carbons (Fsp3) is 0.316. The summed E-state index contributed by atoms with van der Waals surface area (Å²) >= 11 is 1.13. The number of aromatic nitrogens is 1. The maximum Gasteiger partial charge on any atom is 0.573 e. The van der Waals surface area contributed by atoms with E-state index < -0.39 is 6.36 Å². The Balaban J connectivity index is 1.96. The van der Waals surface area contributed by atoms with Gasteiger partial charge in [-0.15, -0.1) is 13.2 Å². The zero-order valence-corrected chi connectivity index (χ0v) is 16.0. The first-order chi connectivity index (χ1) is 13.2. The molecule has 0 saturated heterocycles. The molecule has 0 bridgehead atoms. The highest BCUT2D eigenvalue weighted by Crippen LogP contribution is 2.25. The van der Waals surface area contributed by atoms with Gasteiger partial charge >= 0.3 is 6.36 Å². The summed E-state index contributed by atoms with van der Waals surface area (Å²) in [5.74, 6) is -0.321. The van der Waals surface area contributed by atoms with Crippen LogP contribution in [0.15, 0.2) is 41.4 Å². The molecule has 5 nitrogen and oxygen atoms in total. The lowest BCUT2D eigenvalue weighted by atomic mass is 10.1. The molecule has 0 spiro atoms. The van der Waals surface area contributed by atoms with E-state index in [0.29, 0.717) is 22.2 Å². The van der Waals surface area contributed by atoms with Crippen molar-refractivity contribution >= 4 is 23.4 Å². The SMILES string of the molecule is CC(C)Cc1ccc(C#N)c(SCC(=O)Nc2ccc(OC(F)(F)F)cc2)n1. The van der Waals surface area contributed by atoms with Crippen molar-refractivity contribution < 1.29 is 22.7 Å². The average molecular weight is 409 g/mol. The van der Waals surface area contributed by atoms with Gasteiger partial charge in [0.1, 0.15) is 16.8 Å². The van der Waals surface area contributed by atoms with Gasteiger partial charge in [0, 0.05) is 11.4 Å². The molecule has 1 aromatic carbocycles. The third-order valence-electron chi connectivity index (χ3n) is 3.37. The van der Waals surface area contributed by atoms with E-state index in [0.717, 1.165) is 36.0 Å². The second-order valence-corrected chi connectivity index (χ2v) is 7.24. The van der Waals surface area contributed by atoms with Gasteiger partial charge in [0.05, 0.1) is 11.3 Å². The van der Waals surface area contributed by atoms with Crippen LogP contribution in [0.1, 0.15) is 25.1 Å². The first-order valence-corrected chi connectivity index (χ1v) is 9.33. The zero-order chi connectivity index (χ0) is 20.7. The molecule has 148 valence electrons. The van der Waals surface area contributed by atoms with Gasteiger partial charge in [-0.2, -0.15) is 5.26 Å². The van der Waals surface area contributed by atoms with Crippen molar-refractivity contribution in [3.63, 3.8) is 0 Å². The third-order valence-corrected chi connectivity index (χ3v) is 4.36. The lowest BCUT2D eigenvalue weighted by molar-refractivity contribution is -0.274. The number of carbonyl (C=O) groups excluding carboxylic acids is 1. The van der Waals surface area contributed by atoms with E-state index in [1.807, 2.05) is 0 Å². The first-order valence-electron chi connectivity index (χ1n) is 8.35. The normalized spacial score (nSPS) is 11.2. The molecule has 1 aromatic heterocycles. The summed E-state index contributed by atoms with van der Waals surface area (Å²) in [6, 6.07) is 10.4. The number of rotatable bonds is 7. The summed E-state index contributed by atoms with van der Waals surface area (Å²) in [5, 5.41) is 12.3. The van der Waals surface area contributed by atoms with Crippen molar-refractivity contribution in [1.29, 1.82) is 5.26 Å². The number of alkyl halides is 3. The number of ether oxygens (including phenoxy) is 1. The Morgan fingerprint density at radius 3 is 2.50 bits per heavy atom. The van der Waals surface area contributed by atoms with E-state index in [9.17, 15) is 23.2 Å². The van der Waals surface area contributed by atoms with E-state index in [4.69, 9.17) is 0 Å². The highest BCUT2D eigenvalue weighted by molar-refractivity contribution is 8.00. The standard InChI is InChI=1S/C19H18F3N3O2S/c1-12(2)9-15-4-3-13(10-23)18(25-15)28-11-17(26)24-14-5-7-16(8-6-14)27-19(20,21)22/h3-8,12H,9,11H2,1-2H3,(H,24,26). The first kappa shape index (κ1) is 21.6. The number of amides is 1. The number of anilines is 1. The molecule has 9 heteroatoms. The second-order valence-electron chi connectivity index (χ2n) is 6.27. The topological polar surface area (TPSA) is 75.0 Å². The summed E-state index contributed by atoms with van der Waals surface area (Å²) < 4.78 is 40.2. The number of nitrogens with one attached hydrogen (secondary N) is 1. The zero-order valence-electron chi connectivity index (χ0n) is 15.2. The van der Waals surface area contributed by atoms with E-state index in [1.54, 1.807) is 12.1 Å². The molecule has 0 aliphatic carbocycles. The molecule has 1 heterocycles. The lowest BCUT2D eigenvalue weighted by Crippen LogP contribution is -2.17. The summed E-state index contributed by atoms with van der Waals surface area (Å²) in [6.45, 7) is 4.12. The fourth-order valence-electron chi connectivity index (χ4n) is 2.28. The molecule has 0 atom stereocenters. The molecular weight excluding hydrogens is 391 g/mol. The van der Waals surface area contributed by atoms with Gasteiger partial charge in [0.25, 0.3) is 0 Å². The third kappa shape index (κ3) is 7.12. The number of halogens is 3. The summed E-state index contributed by atoms with van der Waals surface area (Å²) in [6.07, 6.45) is -4.01. The van der Waals surface area contributed by atoms with Crippen LogP contribution in [0.25, 0.3) is 0 Å². The highest BCUT2D eigenvalue weighted by atomic mass is 32.2. The minimum atomic E-state index is -4.77. The Labute approximate surface area is 164 Å². The second kappa shape index (κ2) is 9.46. The molecule has 1 amide bonds. The highest BCUT2D eigenvalue weighted by Gasteiger charge is 2.30. The van der Waals surface area contributed by atoms with Crippen LogP contribution < -0.4 is 10.1 Å². The predicted octanol–water partition coefficient (Wildman–Crippen LogP) is 4.78. The van der Waals surface area contributed by atoms with Crippen LogP contribution >= 0.6 is 11.8 Å². The number of hydrogen-bond acceptors (Lipinski definition) is 5. The van der Waals surface area contributed by atoms with Gasteiger partial charge in [0.15, 0.2) is 0 Å². The van der Waals surface area contributed by atoms with E-state index in [-0.39, 0.29) is 17.4 Å². The van der Waals surface area contributed by atoms with Crippen molar-refractivity contribution in [2.75, 3.05) is 11.1 Å². The molecule has 28 heavy (non-hydrogen) atoms. The molecule has 0 saturated carbocycles. The Bertz CT molecular complexity index is 862. The summed E-state index contributed by atoms with van der Waals surface area (Å²) in [7, 11) is 0. The largest absolute Gasteiger partial charge is 0.573 e. The molecule has 0 aliphatic heterocycles. The van der Waals surface area contributed by atoms with Gasteiger partial charge in [-0.25, -0.2) is 4.98 Å². The molecule has 0 fully saturated rings. The lowest BCUT2D eigenvalue weighted by Gasteiger charge is -2.10. The number of benzene rings is 1. The maximum absolute atomic E-state index is 12.2. The molecule has 2 aromatic rings. The Kier molecular flexibility index (Phi) is 7.29. The quantitative estimate of drug-likeness (QED) is 0.666. The van der Waals surface area contributed by atoms with Gasteiger partial charge in [-0.3, -0.25) is 4.79 Å². The molecule has 1 N–H and O–H groups in total. The number of nitrogens with zero attached hydrogens (tertiary/aromatic N) is 2. The monoisotopic (exact) mass is 409 g/mol. The van der Waals surface area contributed by atoms with Crippen molar-refractivity contribution in [3.05, 3.63) is 47.7 Å². The average Bonchev–Trinajstić information content (AvgIpc) is 2.60. The maximum atomic E-state index is 12.2. The minimum absolute atomic E-state index is 0.00755. The van der Waals surface area contributed by atoms with Crippen molar-refractivity contribution in [1.82, 2.24) is 4.98 Å². The van der Waals surface area contributed by atoms with Gasteiger partial charge in [-0.1, -0.05) is 25.6 Å². The summed E-state index contributed by atoms with van der Waals surface area (Å²) in [4.78, 5) is 16.6. The predicted molar refractivity (Wildman–Crippen MR) is 100.0 cm³/mol. The Morgan fingerprint density at radius 2 is 1.93 bits per heavy atom. The molecular formula is C19H18F3N3O2S. The Morgan fingerprint density at radius 1 is 1.25 bits per heavy atom. The van der Waals surface area contributed by atoms with E-state index in [1.165, 1.54) is 12.1 Å². The van der Waals surface area contributed by atoms with Crippen LogP contribution in [-0.2, 0) is 11.2 Å². The smallest absolute Gasteiger partial charge is 0.406 e. The van der Waals surface area contributed by atoms with Crippen LogP contribution in [-0.4, -0.2) is 23.0 Å². The number of pyridine rings is 1. The number of hydrogen-bond donors (Lipinski definition) is 1. The molecule has 0 aliphatic rings. The van der Waals surface area contributed by atoms with Crippen molar-refractivity contribution in [3.8, 4) is 11.8 Å². The summed E-state index contributed by atoms with van der Waals surface area (Å²) in [5.41, 5.74) is 1.57. The number of nitriles is 1. The Hall–Kier alpha value is -2.73. The van der Waals surface area contributed by atoms with Gasteiger partial charge in [-0.05, 0) is 48.7 Å². The van der Waals surface area contributed by atoms with Crippen LogP contribution in [0.5, 0.6) is 5.75 Å². The number of thioether (sulfide) groups is 1. The fourth-order valence-corrected chi connectivity index (χ4v) is 3.07. The van der Waals surface area contributed by atoms with Crippen molar-refractivity contribution in [2.45, 2.75) is 31.7 Å². The molecule has 2 rings (SSSR count). The number of carbonyl (C=O) groups is 1. The van der Waals surface area contributed by atoms with E-state index in [2.05, 4.69) is 35.0 Å². The molecule has 0 unspecified atom stereocenters. The van der Waals surface area contributed by atoms with Gasteiger partial charge < -0.3 is 10.1 Å². The van der Waals surface area contributed by atoms with Crippen LogP contribution in [0, 0.1) is 17.2 Å². The van der Waals surface area contributed by atoms with Crippen LogP contribution in [0.2, 0.25) is 0 Å².